The zero-order valence-electron chi connectivity index (χ0n) is 26.2. The predicted octanol–water partition coefficient (Wildman–Crippen LogP) is -0.920. The summed E-state index contributed by atoms with van der Waals surface area (Å²) in [4.78, 5) is 58.0. The van der Waals surface area contributed by atoms with E-state index in [4.69, 9.17) is 14.2 Å². The highest BCUT2D eigenvalue weighted by Crippen LogP contribution is 2.29. The summed E-state index contributed by atoms with van der Waals surface area (Å²) in [6.07, 6.45) is -3.42. The molecule has 5 fully saturated rings. The molecule has 0 aromatic heterocycles. The van der Waals surface area contributed by atoms with E-state index in [-0.39, 0.29) is 55.1 Å². The Morgan fingerprint density at radius 2 is 1.72 bits per heavy atom. The SMILES string of the molecule is CC(=O)Nc1ccc(CN2C[C@@H]3C[C@H]2C(=O)N2CCO[C@H](CN(C(=O)C4CCOCC4)C[C@H]4O[C@@H](CC(=O)N3)[C@H](O)[C@@H]4O)C2)cc1. The number of rotatable bonds is 4. The quantitative estimate of drug-likeness (QED) is 0.322. The van der Waals surface area contributed by atoms with Gasteiger partial charge >= 0.3 is 0 Å². The van der Waals surface area contributed by atoms with Crippen LogP contribution in [0.25, 0.3) is 0 Å². The molecule has 5 aliphatic heterocycles. The number of aliphatic hydroxyl groups excluding tert-OH is 2. The van der Waals surface area contributed by atoms with Crippen molar-refractivity contribution in [3.05, 3.63) is 29.8 Å². The van der Waals surface area contributed by atoms with Crippen LogP contribution in [0, 0.1) is 5.92 Å². The number of carbonyl (C=O) groups excluding carboxylic acids is 4. The first kappa shape index (κ1) is 32.8. The number of nitrogens with zero attached hydrogens (tertiary/aromatic N) is 3. The van der Waals surface area contributed by atoms with Crippen LogP contribution >= 0.6 is 0 Å². The lowest BCUT2D eigenvalue weighted by atomic mass is 9.97. The molecule has 5 heterocycles. The second kappa shape index (κ2) is 14.3. The minimum absolute atomic E-state index is 0.0279. The summed E-state index contributed by atoms with van der Waals surface area (Å²) in [5, 5.41) is 27.5. The fourth-order valence-corrected chi connectivity index (χ4v) is 7.35. The van der Waals surface area contributed by atoms with E-state index in [9.17, 15) is 29.4 Å². The first-order chi connectivity index (χ1) is 22.1. The third-order valence-electron chi connectivity index (χ3n) is 9.72. The number of benzene rings is 1. The smallest absolute Gasteiger partial charge is 0.240 e. The van der Waals surface area contributed by atoms with Gasteiger partial charge in [-0.05, 0) is 37.0 Å². The fraction of sp³-hybridized carbons (Fsp3) is 0.688. The normalized spacial score (nSPS) is 33.2. The van der Waals surface area contributed by atoms with Gasteiger partial charge in [0.1, 0.15) is 18.3 Å². The fourth-order valence-electron chi connectivity index (χ4n) is 7.35. The van der Waals surface area contributed by atoms with Crippen molar-refractivity contribution in [1.29, 1.82) is 0 Å². The lowest BCUT2D eigenvalue weighted by Crippen LogP contribution is -2.56. The van der Waals surface area contributed by atoms with Crippen LogP contribution in [0.2, 0.25) is 0 Å². The maximum atomic E-state index is 14.1. The van der Waals surface area contributed by atoms with Crippen LogP contribution < -0.4 is 10.6 Å². The van der Waals surface area contributed by atoms with Gasteiger partial charge in [-0.15, -0.1) is 0 Å². The number of hydrogen-bond donors (Lipinski definition) is 4. The monoisotopic (exact) mass is 643 g/mol. The van der Waals surface area contributed by atoms with Crippen molar-refractivity contribution in [3.8, 4) is 0 Å². The highest BCUT2D eigenvalue weighted by Gasteiger charge is 2.47. The Hall–Kier alpha value is -3.14. The van der Waals surface area contributed by atoms with E-state index in [1.54, 1.807) is 9.80 Å². The molecule has 0 radical (unpaired) electrons. The number of fused-ring (bicyclic) bond motifs is 6. The number of anilines is 1. The largest absolute Gasteiger partial charge is 0.388 e. The van der Waals surface area contributed by atoms with Gasteiger partial charge in [0.2, 0.25) is 23.6 Å². The van der Waals surface area contributed by atoms with E-state index in [0.717, 1.165) is 5.56 Å². The minimum atomic E-state index is -1.29. The number of likely N-dealkylation sites (tertiary alicyclic amines) is 1. The molecule has 0 saturated carbocycles. The Bertz CT molecular complexity index is 1270. The molecule has 0 unspecified atom stereocenters. The van der Waals surface area contributed by atoms with Gasteiger partial charge in [-0.3, -0.25) is 24.1 Å². The molecule has 0 spiro atoms. The van der Waals surface area contributed by atoms with Gasteiger partial charge in [-0.2, -0.15) is 0 Å². The standard InChI is InChI=1S/C32H45N5O9/c1-19(38)33-22-4-2-20(3-5-22)14-36-15-23-12-25(36)32(43)35-8-11-45-24(16-35)17-37(31(42)21-6-9-44-10-7-21)18-27-30(41)29(40)26(46-27)13-28(39)34-23/h2-5,21,23-27,29-30,40-41H,6-18H2,1H3,(H,33,38)(H,34,39)/t23-,24-,25-,26-,27+,29-,30+/m0/s1. The summed E-state index contributed by atoms with van der Waals surface area (Å²) in [5.74, 6) is -0.904. The molecule has 252 valence electrons. The Morgan fingerprint density at radius 3 is 2.46 bits per heavy atom. The second-order valence-corrected chi connectivity index (χ2v) is 13.1. The molecule has 14 nitrogen and oxygen atoms in total. The second-order valence-electron chi connectivity index (χ2n) is 13.1. The Morgan fingerprint density at radius 1 is 0.978 bits per heavy atom. The summed E-state index contributed by atoms with van der Waals surface area (Å²) >= 11 is 0. The van der Waals surface area contributed by atoms with Gasteiger partial charge in [0, 0.05) is 77.1 Å². The molecule has 5 saturated heterocycles. The van der Waals surface area contributed by atoms with Gasteiger partial charge in [0.25, 0.3) is 0 Å². The molecule has 4 N–H and O–H groups in total. The van der Waals surface area contributed by atoms with Crippen molar-refractivity contribution < 1.29 is 43.6 Å². The molecule has 1 aromatic carbocycles. The first-order valence-electron chi connectivity index (χ1n) is 16.3. The lowest BCUT2D eigenvalue weighted by molar-refractivity contribution is -0.150. The van der Waals surface area contributed by atoms with E-state index in [1.807, 2.05) is 24.3 Å². The van der Waals surface area contributed by atoms with E-state index in [1.165, 1.54) is 6.92 Å². The van der Waals surface area contributed by atoms with Crippen LogP contribution in [-0.2, 0) is 39.9 Å². The Kier molecular flexibility index (Phi) is 10.2. The number of carbonyl (C=O) groups is 4. The van der Waals surface area contributed by atoms with Gasteiger partial charge in [-0.25, -0.2) is 0 Å². The van der Waals surface area contributed by atoms with Crippen LogP contribution in [0.5, 0.6) is 0 Å². The number of amides is 4. The van der Waals surface area contributed by atoms with Gasteiger partial charge in [-0.1, -0.05) is 12.1 Å². The van der Waals surface area contributed by atoms with Crippen molar-refractivity contribution in [2.24, 2.45) is 5.92 Å². The van der Waals surface area contributed by atoms with Crippen molar-refractivity contribution in [1.82, 2.24) is 20.0 Å². The number of nitrogens with one attached hydrogen (secondary N) is 2. The van der Waals surface area contributed by atoms with E-state index in [0.29, 0.717) is 70.9 Å². The lowest BCUT2D eigenvalue weighted by Gasteiger charge is -2.39. The Balaban J connectivity index is 1.24. The van der Waals surface area contributed by atoms with Gasteiger partial charge in [0.05, 0.1) is 31.3 Å². The third kappa shape index (κ3) is 7.53. The molecule has 0 aliphatic carbocycles. The average molecular weight is 644 g/mol. The summed E-state index contributed by atoms with van der Waals surface area (Å²) < 4.78 is 17.6. The third-order valence-corrected chi connectivity index (χ3v) is 9.72. The molecular formula is C32H45N5O9. The summed E-state index contributed by atoms with van der Waals surface area (Å²) in [7, 11) is 0. The average Bonchev–Trinajstić information content (AvgIpc) is 3.55. The Labute approximate surface area is 268 Å². The van der Waals surface area contributed by atoms with Gasteiger partial charge in [0.15, 0.2) is 0 Å². The molecule has 6 rings (SSSR count). The highest BCUT2D eigenvalue weighted by atomic mass is 16.5. The minimum Gasteiger partial charge on any atom is -0.388 e. The molecule has 1 aromatic rings. The highest BCUT2D eigenvalue weighted by molar-refractivity contribution is 5.88. The molecule has 46 heavy (non-hydrogen) atoms. The molecular weight excluding hydrogens is 598 g/mol. The van der Waals surface area contributed by atoms with E-state index >= 15 is 0 Å². The van der Waals surface area contributed by atoms with Crippen LogP contribution in [0.1, 0.15) is 38.2 Å². The summed E-state index contributed by atoms with van der Waals surface area (Å²) in [5.41, 5.74) is 1.63. The summed E-state index contributed by atoms with van der Waals surface area (Å²) in [6.45, 7) is 4.58. The molecule has 5 aliphatic rings. The molecule has 7 atom stereocenters. The van der Waals surface area contributed by atoms with Crippen molar-refractivity contribution in [2.45, 2.75) is 81.8 Å². The number of morpholine rings is 1. The molecule has 6 bridgehead atoms. The summed E-state index contributed by atoms with van der Waals surface area (Å²) in [6, 6.07) is 6.65. The maximum absolute atomic E-state index is 14.1. The zero-order valence-corrected chi connectivity index (χ0v) is 26.2. The first-order valence-corrected chi connectivity index (χ1v) is 16.3. The van der Waals surface area contributed by atoms with Crippen molar-refractivity contribution in [3.63, 3.8) is 0 Å². The van der Waals surface area contributed by atoms with Crippen LogP contribution in [-0.4, -0.2) is 144 Å². The van der Waals surface area contributed by atoms with E-state index < -0.39 is 36.6 Å². The maximum Gasteiger partial charge on any atom is 0.240 e. The number of hydrogen-bond acceptors (Lipinski definition) is 10. The van der Waals surface area contributed by atoms with E-state index in [2.05, 4.69) is 15.5 Å². The zero-order chi connectivity index (χ0) is 32.4. The molecule has 4 amide bonds. The van der Waals surface area contributed by atoms with Gasteiger partial charge < -0.3 is 44.9 Å². The van der Waals surface area contributed by atoms with Crippen LogP contribution in [0.15, 0.2) is 24.3 Å². The topological polar surface area (TPSA) is 170 Å². The predicted molar refractivity (Wildman–Crippen MR) is 163 cm³/mol. The number of aliphatic hydroxyl groups is 2. The molecule has 14 heteroatoms. The van der Waals surface area contributed by atoms with Crippen LogP contribution in [0.4, 0.5) is 5.69 Å². The van der Waals surface area contributed by atoms with Crippen LogP contribution in [0.3, 0.4) is 0 Å². The van der Waals surface area contributed by atoms with Crippen molar-refractivity contribution >= 4 is 29.3 Å². The number of ether oxygens (including phenoxy) is 3. The van der Waals surface area contributed by atoms with Crippen molar-refractivity contribution in [2.75, 3.05) is 57.9 Å².